The highest BCUT2D eigenvalue weighted by Crippen LogP contribution is 2.30. The fourth-order valence-electron chi connectivity index (χ4n) is 2.51. The number of nitrogens with one attached hydrogen (secondary N) is 1. The lowest BCUT2D eigenvalue weighted by Gasteiger charge is -2.35. The Morgan fingerprint density at radius 1 is 1.41 bits per heavy atom. The Hall–Kier alpha value is -0.510. The lowest BCUT2D eigenvalue weighted by Crippen LogP contribution is -2.55. The molecule has 0 unspecified atom stereocenters. The summed E-state index contributed by atoms with van der Waals surface area (Å²) in [6.07, 6.45) is 2.61. The maximum Gasteiger partial charge on any atom is 0.0345 e. The molecule has 2 aliphatic rings. The molecule has 1 aromatic rings. The summed E-state index contributed by atoms with van der Waals surface area (Å²) in [5.74, 6) is 1.29. The topological polar surface area (TPSA) is 15.3 Å². The maximum absolute atomic E-state index is 3.33. The molecule has 0 aromatic heterocycles. The Balaban J connectivity index is 1.70. The van der Waals surface area contributed by atoms with Gasteiger partial charge in [0.25, 0.3) is 0 Å². The van der Waals surface area contributed by atoms with Crippen LogP contribution in [0.3, 0.4) is 0 Å². The van der Waals surface area contributed by atoms with Gasteiger partial charge in [0.1, 0.15) is 0 Å². The van der Waals surface area contributed by atoms with E-state index in [0.717, 1.165) is 25.7 Å². The van der Waals surface area contributed by atoms with Crippen LogP contribution in [0.25, 0.3) is 0 Å². The Bertz CT molecular complexity index is 401. The van der Waals surface area contributed by atoms with Gasteiger partial charge in [0.15, 0.2) is 0 Å². The predicted octanol–water partition coefficient (Wildman–Crippen LogP) is 2.13. The fraction of sp³-hybridized carbons (Fsp3) is 0.571. The molecule has 2 aliphatic heterocycles. The molecule has 3 heteroatoms. The van der Waals surface area contributed by atoms with E-state index in [0.29, 0.717) is 0 Å². The monoisotopic (exact) mass is 248 g/mol. The third kappa shape index (κ3) is 2.51. The minimum absolute atomic E-state index is 0.736. The quantitative estimate of drug-likeness (QED) is 0.882. The molecule has 2 nitrogen and oxygen atoms in total. The number of benzene rings is 1. The molecule has 1 N–H and O–H groups in total. The summed E-state index contributed by atoms with van der Waals surface area (Å²) in [6, 6.07) is 7.78. The first-order valence-electron chi connectivity index (χ1n) is 6.48. The molecular formula is C14H20N2S. The van der Waals surface area contributed by atoms with Crippen LogP contribution in [0, 0.1) is 0 Å². The van der Waals surface area contributed by atoms with Crippen molar-refractivity contribution < 1.29 is 0 Å². The first-order chi connectivity index (χ1) is 8.33. The number of hydrogen-bond acceptors (Lipinski definition) is 3. The molecule has 0 aliphatic carbocycles. The van der Waals surface area contributed by atoms with Gasteiger partial charge in [0, 0.05) is 30.6 Å². The standard InChI is InChI=1S/C14H20N2S/c1-16(13-8-15-9-13)10-11-4-5-14-12(7-11)3-2-6-17-14/h4-5,7,13,15H,2-3,6,8-10H2,1H3. The number of rotatable bonds is 3. The van der Waals surface area contributed by atoms with Crippen LogP contribution < -0.4 is 5.32 Å². The Morgan fingerprint density at radius 2 is 2.29 bits per heavy atom. The first kappa shape index (κ1) is 11.6. The van der Waals surface area contributed by atoms with Crippen LogP contribution in [0.2, 0.25) is 0 Å². The van der Waals surface area contributed by atoms with E-state index in [1.165, 1.54) is 29.1 Å². The molecule has 92 valence electrons. The fourth-order valence-corrected chi connectivity index (χ4v) is 3.53. The summed E-state index contributed by atoms with van der Waals surface area (Å²) in [6.45, 7) is 3.39. The third-order valence-electron chi connectivity index (χ3n) is 3.79. The molecule has 0 radical (unpaired) electrons. The van der Waals surface area contributed by atoms with Crippen LogP contribution in [-0.4, -0.2) is 36.8 Å². The van der Waals surface area contributed by atoms with Crippen molar-refractivity contribution in [2.75, 3.05) is 25.9 Å². The molecule has 17 heavy (non-hydrogen) atoms. The molecule has 0 spiro atoms. The van der Waals surface area contributed by atoms with Crippen LogP contribution in [-0.2, 0) is 13.0 Å². The van der Waals surface area contributed by atoms with Gasteiger partial charge < -0.3 is 5.32 Å². The van der Waals surface area contributed by atoms with Crippen molar-refractivity contribution in [2.45, 2.75) is 30.3 Å². The molecule has 0 saturated carbocycles. The van der Waals surface area contributed by atoms with Crippen LogP contribution in [0.15, 0.2) is 23.1 Å². The van der Waals surface area contributed by atoms with Crippen LogP contribution in [0.5, 0.6) is 0 Å². The van der Waals surface area contributed by atoms with Gasteiger partial charge >= 0.3 is 0 Å². The maximum atomic E-state index is 3.33. The second-order valence-corrected chi connectivity index (χ2v) is 6.26. The van der Waals surface area contributed by atoms with Crippen molar-refractivity contribution in [1.82, 2.24) is 10.2 Å². The van der Waals surface area contributed by atoms with Crippen molar-refractivity contribution >= 4 is 11.8 Å². The number of likely N-dealkylation sites (N-methyl/N-ethyl adjacent to an activating group) is 1. The first-order valence-corrected chi connectivity index (χ1v) is 7.47. The smallest absolute Gasteiger partial charge is 0.0345 e. The van der Waals surface area contributed by atoms with Gasteiger partial charge in [0.05, 0.1) is 0 Å². The lowest BCUT2D eigenvalue weighted by atomic mass is 10.0. The van der Waals surface area contributed by atoms with Crippen molar-refractivity contribution in [3.8, 4) is 0 Å². The third-order valence-corrected chi connectivity index (χ3v) is 4.99. The van der Waals surface area contributed by atoms with Gasteiger partial charge in [-0.25, -0.2) is 0 Å². The van der Waals surface area contributed by atoms with Gasteiger partial charge in [-0.15, -0.1) is 11.8 Å². The minimum Gasteiger partial charge on any atom is -0.314 e. The van der Waals surface area contributed by atoms with E-state index in [1.54, 1.807) is 5.56 Å². The summed E-state index contributed by atoms with van der Waals surface area (Å²) >= 11 is 2.01. The van der Waals surface area contributed by atoms with Gasteiger partial charge in [-0.05, 0) is 42.8 Å². The summed E-state index contributed by atoms with van der Waals surface area (Å²) in [5, 5.41) is 3.33. The van der Waals surface area contributed by atoms with Crippen molar-refractivity contribution in [3.05, 3.63) is 29.3 Å². The zero-order valence-corrected chi connectivity index (χ0v) is 11.2. The van der Waals surface area contributed by atoms with E-state index in [-0.39, 0.29) is 0 Å². The molecular weight excluding hydrogens is 228 g/mol. The molecule has 3 rings (SSSR count). The van der Waals surface area contributed by atoms with Gasteiger partial charge in [-0.1, -0.05) is 12.1 Å². The minimum atomic E-state index is 0.736. The molecule has 0 amide bonds. The van der Waals surface area contributed by atoms with Crippen molar-refractivity contribution in [1.29, 1.82) is 0 Å². The van der Waals surface area contributed by atoms with E-state index in [1.807, 2.05) is 11.8 Å². The van der Waals surface area contributed by atoms with Crippen LogP contribution in [0.4, 0.5) is 0 Å². The predicted molar refractivity (Wildman–Crippen MR) is 73.6 cm³/mol. The van der Waals surface area contributed by atoms with Crippen LogP contribution >= 0.6 is 11.8 Å². The molecule has 1 fully saturated rings. The van der Waals surface area contributed by atoms with Crippen molar-refractivity contribution in [3.63, 3.8) is 0 Å². The van der Waals surface area contributed by atoms with E-state index in [2.05, 4.69) is 35.5 Å². The normalized spacial score (nSPS) is 20.1. The molecule has 0 bridgehead atoms. The van der Waals surface area contributed by atoms with Gasteiger partial charge in [-0.2, -0.15) is 0 Å². The number of fused-ring (bicyclic) bond motifs is 1. The second-order valence-electron chi connectivity index (χ2n) is 5.12. The zero-order chi connectivity index (χ0) is 11.7. The van der Waals surface area contributed by atoms with E-state index in [9.17, 15) is 0 Å². The Labute approximate surface area is 108 Å². The summed E-state index contributed by atoms with van der Waals surface area (Å²) in [5.41, 5.74) is 3.04. The second kappa shape index (κ2) is 5.01. The zero-order valence-electron chi connectivity index (χ0n) is 10.4. The highest BCUT2D eigenvalue weighted by molar-refractivity contribution is 7.99. The number of nitrogens with zero attached hydrogens (tertiary/aromatic N) is 1. The van der Waals surface area contributed by atoms with Gasteiger partial charge in [0.2, 0.25) is 0 Å². The molecule has 0 atom stereocenters. The molecule has 1 saturated heterocycles. The lowest BCUT2D eigenvalue weighted by molar-refractivity contribution is 0.173. The van der Waals surface area contributed by atoms with E-state index in [4.69, 9.17) is 0 Å². The summed E-state index contributed by atoms with van der Waals surface area (Å²) in [4.78, 5) is 3.97. The number of aryl methyl sites for hydroxylation is 1. The van der Waals surface area contributed by atoms with Crippen molar-refractivity contribution in [2.24, 2.45) is 0 Å². The average molecular weight is 248 g/mol. The van der Waals surface area contributed by atoms with E-state index >= 15 is 0 Å². The molecule has 1 aromatic carbocycles. The van der Waals surface area contributed by atoms with Crippen LogP contribution in [0.1, 0.15) is 17.5 Å². The number of thioether (sulfide) groups is 1. The average Bonchev–Trinajstić information content (AvgIpc) is 2.26. The Kier molecular flexibility index (Phi) is 3.41. The highest BCUT2D eigenvalue weighted by Gasteiger charge is 2.21. The number of hydrogen-bond donors (Lipinski definition) is 1. The molecule has 2 heterocycles. The summed E-state index contributed by atoms with van der Waals surface area (Å²) in [7, 11) is 2.24. The summed E-state index contributed by atoms with van der Waals surface area (Å²) < 4.78 is 0. The Morgan fingerprint density at radius 3 is 3.06 bits per heavy atom. The largest absolute Gasteiger partial charge is 0.314 e. The highest BCUT2D eigenvalue weighted by atomic mass is 32.2. The SMILES string of the molecule is CN(Cc1ccc2c(c1)CCCS2)C1CNC1. The van der Waals surface area contributed by atoms with E-state index < -0.39 is 0 Å². The van der Waals surface area contributed by atoms with Gasteiger partial charge in [-0.3, -0.25) is 4.90 Å².